The van der Waals surface area contributed by atoms with Crippen LogP contribution in [0.1, 0.15) is 19.4 Å². The summed E-state index contributed by atoms with van der Waals surface area (Å²) in [7, 11) is 0. The molecule has 58 valence electrons. The predicted molar refractivity (Wildman–Crippen MR) is 43.1 cm³/mol. The van der Waals surface area contributed by atoms with Crippen molar-refractivity contribution in [1.29, 1.82) is 5.26 Å². The molecule has 0 saturated heterocycles. The molecule has 0 aliphatic heterocycles. The number of nitrogens with zero attached hydrogens (tertiary/aromatic N) is 1. The molecule has 1 aromatic rings. The predicted octanol–water partition coefficient (Wildman–Crippen LogP) is 1.27. The van der Waals surface area contributed by atoms with Crippen molar-refractivity contribution in [1.82, 2.24) is 4.98 Å². The summed E-state index contributed by atoms with van der Waals surface area (Å²) >= 11 is 0. The maximum Gasteiger partial charge on any atom is 0.199 e. The van der Waals surface area contributed by atoms with Gasteiger partial charge in [-0.05, 0) is 0 Å². The molecule has 0 amide bonds. The number of nitriles is 1. The normalized spacial score (nSPS) is 7.36. The van der Waals surface area contributed by atoms with Gasteiger partial charge in [-0.1, -0.05) is 13.8 Å². The third-order valence-electron chi connectivity index (χ3n) is 0.945. The van der Waals surface area contributed by atoms with Crippen LogP contribution in [0, 0.1) is 11.3 Å². The molecule has 0 bridgehead atoms. The summed E-state index contributed by atoms with van der Waals surface area (Å²) < 4.78 is 0. The molecule has 1 aromatic heterocycles. The van der Waals surface area contributed by atoms with E-state index in [2.05, 4.69) is 4.98 Å². The Kier molecular flexibility index (Phi) is 4.50. The molecule has 1 N–H and O–H groups in total. The maximum absolute atomic E-state index is 10.6. The van der Waals surface area contributed by atoms with Crippen LogP contribution in [0.3, 0.4) is 0 Å². The van der Waals surface area contributed by atoms with Crippen LogP contribution < -0.4 is 5.43 Å². The largest absolute Gasteiger partial charge is 0.366 e. The van der Waals surface area contributed by atoms with Crippen molar-refractivity contribution >= 4 is 0 Å². The molecule has 0 radical (unpaired) electrons. The summed E-state index contributed by atoms with van der Waals surface area (Å²) in [5.74, 6) is 0. The van der Waals surface area contributed by atoms with Gasteiger partial charge in [-0.25, -0.2) is 0 Å². The number of hydrogen-bond donors (Lipinski definition) is 1. The number of aromatic nitrogens is 1. The van der Waals surface area contributed by atoms with Gasteiger partial charge in [0.15, 0.2) is 5.43 Å². The topological polar surface area (TPSA) is 56.6 Å². The maximum atomic E-state index is 10.6. The number of nitrogens with one attached hydrogen (secondary N) is 1. The van der Waals surface area contributed by atoms with Gasteiger partial charge in [-0.15, -0.1) is 0 Å². The van der Waals surface area contributed by atoms with Crippen LogP contribution in [0.4, 0.5) is 0 Å². The molecule has 0 saturated carbocycles. The van der Waals surface area contributed by atoms with Crippen molar-refractivity contribution in [2.75, 3.05) is 0 Å². The standard InChI is InChI=1S/C6H4N2O.C2H6/c7-3-5-4-8-2-1-6(5)9;1-2/h1-2,4H,(H,8,9);1-2H3. The second-order valence-electron chi connectivity index (χ2n) is 1.53. The average molecular weight is 150 g/mol. The Labute approximate surface area is 65.3 Å². The molecule has 0 aliphatic carbocycles. The van der Waals surface area contributed by atoms with Crippen LogP contribution in [0.2, 0.25) is 0 Å². The first-order valence-electron chi connectivity index (χ1n) is 3.42. The fraction of sp³-hybridized carbons (Fsp3) is 0.250. The highest BCUT2D eigenvalue weighted by Crippen LogP contribution is 1.80. The smallest absolute Gasteiger partial charge is 0.199 e. The minimum atomic E-state index is -0.240. The molecule has 11 heavy (non-hydrogen) atoms. The highest BCUT2D eigenvalue weighted by Gasteiger charge is 1.90. The lowest BCUT2D eigenvalue weighted by molar-refractivity contribution is 1.27. The van der Waals surface area contributed by atoms with E-state index >= 15 is 0 Å². The van der Waals surface area contributed by atoms with Crippen molar-refractivity contribution in [3.8, 4) is 6.07 Å². The van der Waals surface area contributed by atoms with E-state index in [1.165, 1.54) is 18.5 Å². The Morgan fingerprint density at radius 3 is 2.55 bits per heavy atom. The van der Waals surface area contributed by atoms with E-state index in [4.69, 9.17) is 5.26 Å². The summed E-state index contributed by atoms with van der Waals surface area (Å²) in [6.45, 7) is 4.00. The van der Waals surface area contributed by atoms with Crippen molar-refractivity contribution in [3.63, 3.8) is 0 Å². The zero-order valence-electron chi connectivity index (χ0n) is 6.59. The Morgan fingerprint density at radius 2 is 2.18 bits per heavy atom. The van der Waals surface area contributed by atoms with Crippen molar-refractivity contribution < 1.29 is 0 Å². The van der Waals surface area contributed by atoms with E-state index in [9.17, 15) is 4.79 Å². The molecule has 3 heteroatoms. The Morgan fingerprint density at radius 1 is 1.55 bits per heavy atom. The summed E-state index contributed by atoms with van der Waals surface area (Å²) in [5.41, 5.74) is -0.0891. The monoisotopic (exact) mass is 150 g/mol. The number of H-pyrrole nitrogens is 1. The van der Waals surface area contributed by atoms with E-state index in [-0.39, 0.29) is 11.0 Å². The minimum absolute atomic E-state index is 0.150. The molecule has 1 rings (SSSR count). The second-order valence-corrected chi connectivity index (χ2v) is 1.53. The van der Waals surface area contributed by atoms with E-state index in [0.717, 1.165) is 0 Å². The van der Waals surface area contributed by atoms with Crippen LogP contribution in [-0.2, 0) is 0 Å². The first-order valence-corrected chi connectivity index (χ1v) is 3.42. The molecule has 0 fully saturated rings. The Bertz CT molecular complexity index is 295. The van der Waals surface area contributed by atoms with Gasteiger partial charge in [-0.2, -0.15) is 5.26 Å². The Balaban J connectivity index is 0.000000461. The van der Waals surface area contributed by atoms with Crippen molar-refractivity contribution in [2.45, 2.75) is 13.8 Å². The quantitative estimate of drug-likeness (QED) is 0.605. The average Bonchev–Trinajstić information content (AvgIpc) is 2.09. The number of pyridine rings is 1. The van der Waals surface area contributed by atoms with Crippen molar-refractivity contribution in [2.24, 2.45) is 0 Å². The molecule has 3 nitrogen and oxygen atoms in total. The van der Waals surface area contributed by atoms with Gasteiger partial charge in [0.25, 0.3) is 0 Å². The number of hydrogen-bond acceptors (Lipinski definition) is 2. The van der Waals surface area contributed by atoms with Crippen molar-refractivity contribution in [3.05, 3.63) is 34.2 Å². The lowest BCUT2D eigenvalue weighted by atomic mass is 10.3. The number of aromatic amines is 1. The summed E-state index contributed by atoms with van der Waals surface area (Å²) in [6.07, 6.45) is 2.87. The zero-order valence-corrected chi connectivity index (χ0v) is 6.59. The fourth-order valence-electron chi connectivity index (χ4n) is 0.504. The number of rotatable bonds is 0. The summed E-state index contributed by atoms with van der Waals surface area (Å²) in [4.78, 5) is 13.2. The van der Waals surface area contributed by atoms with E-state index in [1.54, 1.807) is 6.07 Å². The van der Waals surface area contributed by atoms with Gasteiger partial charge < -0.3 is 4.98 Å². The fourth-order valence-corrected chi connectivity index (χ4v) is 0.504. The first kappa shape index (κ1) is 9.44. The van der Waals surface area contributed by atoms with Crippen LogP contribution in [0.5, 0.6) is 0 Å². The second kappa shape index (κ2) is 5.24. The van der Waals surface area contributed by atoms with Crippen LogP contribution in [0.25, 0.3) is 0 Å². The lowest BCUT2D eigenvalue weighted by Crippen LogP contribution is -2.02. The van der Waals surface area contributed by atoms with Crippen LogP contribution in [-0.4, -0.2) is 4.98 Å². The summed E-state index contributed by atoms with van der Waals surface area (Å²) in [5, 5.41) is 8.25. The molecule has 0 spiro atoms. The van der Waals surface area contributed by atoms with E-state index < -0.39 is 0 Å². The molecule has 0 aromatic carbocycles. The molecular formula is C8H10N2O. The lowest BCUT2D eigenvalue weighted by Gasteiger charge is -1.81. The van der Waals surface area contributed by atoms with Gasteiger partial charge in [0.05, 0.1) is 0 Å². The Hall–Kier alpha value is -1.56. The van der Waals surface area contributed by atoms with Gasteiger partial charge in [0, 0.05) is 18.5 Å². The zero-order chi connectivity index (χ0) is 8.69. The van der Waals surface area contributed by atoms with Gasteiger partial charge >= 0.3 is 0 Å². The molecule has 0 atom stereocenters. The van der Waals surface area contributed by atoms with E-state index in [1.807, 2.05) is 13.8 Å². The molecule has 0 aliphatic rings. The highest BCUT2D eigenvalue weighted by atomic mass is 16.1. The van der Waals surface area contributed by atoms with Gasteiger partial charge in [0.1, 0.15) is 11.6 Å². The van der Waals surface area contributed by atoms with E-state index in [0.29, 0.717) is 0 Å². The van der Waals surface area contributed by atoms with Gasteiger partial charge in [0.2, 0.25) is 0 Å². The molecular weight excluding hydrogens is 140 g/mol. The third-order valence-corrected chi connectivity index (χ3v) is 0.945. The van der Waals surface area contributed by atoms with Gasteiger partial charge in [-0.3, -0.25) is 4.79 Å². The summed E-state index contributed by atoms with van der Waals surface area (Å²) in [6, 6.07) is 3.07. The highest BCUT2D eigenvalue weighted by molar-refractivity contribution is 5.23. The first-order chi connectivity index (χ1) is 5.34. The molecule has 1 heterocycles. The third kappa shape index (κ3) is 2.67. The minimum Gasteiger partial charge on any atom is -0.366 e. The van der Waals surface area contributed by atoms with Crippen LogP contribution >= 0.6 is 0 Å². The molecule has 0 unspecified atom stereocenters. The van der Waals surface area contributed by atoms with Crippen LogP contribution in [0.15, 0.2) is 23.3 Å². The SMILES string of the molecule is CC.N#Cc1c[nH]ccc1=O.